The summed E-state index contributed by atoms with van der Waals surface area (Å²) in [7, 11) is -0.893. The zero-order valence-corrected chi connectivity index (χ0v) is 17.8. The summed E-state index contributed by atoms with van der Waals surface area (Å²) in [6.45, 7) is 11.1. The van der Waals surface area contributed by atoms with Gasteiger partial charge < -0.3 is 15.5 Å². The first kappa shape index (κ1) is 22.6. The molecule has 8 heteroatoms. The van der Waals surface area contributed by atoms with Crippen LogP contribution >= 0.6 is 24.0 Å². The maximum absolute atomic E-state index is 12.0. The number of carbonyl (C=O) groups is 1. The summed E-state index contributed by atoms with van der Waals surface area (Å²) in [5, 5.41) is 6.25. The highest BCUT2D eigenvalue weighted by molar-refractivity contribution is 14.0. The van der Waals surface area contributed by atoms with Crippen LogP contribution in [0.5, 0.6) is 0 Å². The van der Waals surface area contributed by atoms with E-state index in [0.29, 0.717) is 18.3 Å². The summed E-state index contributed by atoms with van der Waals surface area (Å²) in [5.41, 5.74) is 0. The van der Waals surface area contributed by atoms with E-state index in [1.54, 1.807) is 0 Å². The first-order valence-corrected chi connectivity index (χ1v) is 9.35. The molecule has 1 rings (SSSR count). The van der Waals surface area contributed by atoms with Crippen molar-refractivity contribution >= 4 is 46.6 Å². The van der Waals surface area contributed by atoms with Gasteiger partial charge in [0, 0.05) is 47.5 Å². The highest BCUT2D eigenvalue weighted by atomic mass is 127. The number of carbonyl (C=O) groups excluding carboxylic acids is 1. The molecule has 1 saturated heterocycles. The number of amides is 1. The number of nitrogens with zero attached hydrogens (tertiary/aromatic N) is 2. The molecule has 1 fully saturated rings. The summed E-state index contributed by atoms with van der Waals surface area (Å²) in [6.07, 6.45) is 2.18. The third kappa shape index (κ3) is 8.88. The predicted molar refractivity (Wildman–Crippen MR) is 108 cm³/mol. The van der Waals surface area contributed by atoms with E-state index in [-0.39, 0.29) is 41.2 Å². The summed E-state index contributed by atoms with van der Waals surface area (Å²) in [5.74, 6) is 1.25. The Morgan fingerprint density at radius 3 is 2.35 bits per heavy atom. The van der Waals surface area contributed by atoms with Crippen LogP contribution < -0.4 is 10.6 Å². The number of rotatable bonds is 6. The molecule has 1 amide bonds. The molecule has 1 aliphatic heterocycles. The van der Waals surface area contributed by atoms with Crippen LogP contribution in [0.4, 0.5) is 0 Å². The van der Waals surface area contributed by atoms with Gasteiger partial charge in [0.05, 0.1) is 0 Å². The topological polar surface area (TPSA) is 73.8 Å². The summed E-state index contributed by atoms with van der Waals surface area (Å²) in [6, 6.07) is 0. The molecule has 0 aliphatic carbocycles. The molecule has 0 aromatic heterocycles. The van der Waals surface area contributed by atoms with Crippen LogP contribution in [-0.4, -0.2) is 64.2 Å². The van der Waals surface area contributed by atoms with E-state index >= 15 is 0 Å². The van der Waals surface area contributed by atoms with Crippen LogP contribution in [0.1, 0.15) is 40.5 Å². The summed E-state index contributed by atoms with van der Waals surface area (Å²) >= 11 is 0. The molecule has 0 spiro atoms. The van der Waals surface area contributed by atoms with E-state index in [4.69, 9.17) is 0 Å². The normalized spacial score (nSPS) is 16.7. The third-order valence-electron chi connectivity index (χ3n) is 3.44. The molecule has 0 bridgehead atoms. The van der Waals surface area contributed by atoms with Gasteiger partial charge in [-0.3, -0.25) is 9.00 Å². The Balaban J connectivity index is 0.00000484. The lowest BCUT2D eigenvalue weighted by molar-refractivity contribution is -0.128. The van der Waals surface area contributed by atoms with Crippen LogP contribution in [0.2, 0.25) is 0 Å². The first-order valence-electron chi connectivity index (χ1n) is 8.03. The molecule has 2 N–H and O–H groups in total. The molecule has 0 aromatic rings. The number of hydrogen-bond acceptors (Lipinski definition) is 3. The van der Waals surface area contributed by atoms with Crippen molar-refractivity contribution in [2.75, 3.05) is 38.5 Å². The maximum Gasteiger partial charge on any atom is 0.244 e. The molecular formula is C15H31IN4O2S. The second-order valence-electron chi connectivity index (χ2n) is 6.37. The van der Waals surface area contributed by atoms with Gasteiger partial charge in [0.15, 0.2) is 5.96 Å². The third-order valence-corrected chi connectivity index (χ3v) is 5.38. The molecular weight excluding hydrogens is 427 g/mol. The Morgan fingerprint density at radius 2 is 1.83 bits per heavy atom. The minimum absolute atomic E-state index is 0. The standard InChI is InChI=1S/C15H30N4O2S.HI/c1-5-16-14(17-8-11-22(21)15(2,3)4)18-12-13(20)19-9-6-7-10-19;/h5-12H2,1-4H3,(H2,16,17,18);1H. The Labute approximate surface area is 159 Å². The fraction of sp³-hybridized carbons (Fsp3) is 0.867. The van der Waals surface area contributed by atoms with Gasteiger partial charge in [-0.2, -0.15) is 0 Å². The lowest BCUT2D eigenvalue weighted by Gasteiger charge is -2.18. The molecule has 0 radical (unpaired) electrons. The quantitative estimate of drug-likeness (QED) is 0.358. The van der Waals surface area contributed by atoms with Crippen molar-refractivity contribution in [1.82, 2.24) is 15.5 Å². The van der Waals surface area contributed by atoms with E-state index in [1.807, 2.05) is 32.6 Å². The van der Waals surface area contributed by atoms with Gasteiger partial charge >= 0.3 is 0 Å². The lowest BCUT2D eigenvalue weighted by Crippen LogP contribution is -2.41. The average molecular weight is 458 g/mol. The zero-order chi connectivity index (χ0) is 16.6. The van der Waals surface area contributed by atoms with Crippen LogP contribution in [0.3, 0.4) is 0 Å². The number of guanidine groups is 1. The van der Waals surface area contributed by atoms with Crippen molar-refractivity contribution < 1.29 is 9.00 Å². The Kier molecular flexibility index (Phi) is 11.0. The van der Waals surface area contributed by atoms with Gasteiger partial charge in [0.2, 0.25) is 5.91 Å². The SMILES string of the molecule is CCNC(=NCC(=O)N1CCCC1)NCCS(=O)C(C)(C)C.I. The number of hydrogen-bond donors (Lipinski definition) is 2. The minimum Gasteiger partial charge on any atom is -0.357 e. The molecule has 0 saturated carbocycles. The number of nitrogens with one attached hydrogen (secondary N) is 2. The summed E-state index contributed by atoms with van der Waals surface area (Å²) < 4.78 is 11.8. The maximum atomic E-state index is 12.0. The second kappa shape index (κ2) is 11.2. The largest absolute Gasteiger partial charge is 0.357 e. The number of aliphatic imine (C=N–C) groups is 1. The highest BCUT2D eigenvalue weighted by Crippen LogP contribution is 2.10. The van der Waals surface area contributed by atoms with E-state index in [0.717, 1.165) is 32.5 Å². The number of likely N-dealkylation sites (tertiary alicyclic amines) is 1. The second-order valence-corrected chi connectivity index (χ2v) is 8.70. The smallest absolute Gasteiger partial charge is 0.244 e. The van der Waals surface area contributed by atoms with Crippen LogP contribution in [-0.2, 0) is 15.6 Å². The van der Waals surface area contributed by atoms with Crippen molar-refractivity contribution in [2.24, 2.45) is 4.99 Å². The van der Waals surface area contributed by atoms with E-state index in [9.17, 15) is 9.00 Å². The van der Waals surface area contributed by atoms with Gasteiger partial charge in [0.25, 0.3) is 0 Å². The molecule has 1 atom stereocenters. The van der Waals surface area contributed by atoms with Crippen molar-refractivity contribution in [3.8, 4) is 0 Å². The van der Waals surface area contributed by atoms with Gasteiger partial charge in [-0.25, -0.2) is 4.99 Å². The van der Waals surface area contributed by atoms with Crippen molar-refractivity contribution in [3.63, 3.8) is 0 Å². The molecule has 1 unspecified atom stereocenters. The van der Waals surface area contributed by atoms with Gasteiger partial charge in [-0.15, -0.1) is 24.0 Å². The van der Waals surface area contributed by atoms with E-state index in [1.165, 1.54) is 0 Å². The highest BCUT2D eigenvalue weighted by Gasteiger charge is 2.19. The zero-order valence-electron chi connectivity index (χ0n) is 14.7. The minimum atomic E-state index is -0.893. The molecule has 1 aliphatic rings. The van der Waals surface area contributed by atoms with Crippen LogP contribution in [0, 0.1) is 0 Å². The van der Waals surface area contributed by atoms with Gasteiger partial charge in [0.1, 0.15) is 6.54 Å². The molecule has 1 heterocycles. The van der Waals surface area contributed by atoms with E-state index in [2.05, 4.69) is 15.6 Å². The fourth-order valence-corrected chi connectivity index (χ4v) is 3.02. The van der Waals surface area contributed by atoms with E-state index < -0.39 is 10.8 Å². The Bertz CT molecular complexity index is 418. The van der Waals surface area contributed by atoms with Crippen molar-refractivity contribution in [2.45, 2.75) is 45.3 Å². The Morgan fingerprint density at radius 1 is 1.22 bits per heavy atom. The Hall–Kier alpha value is -0.380. The number of halogens is 1. The van der Waals surface area contributed by atoms with Crippen LogP contribution in [0.25, 0.3) is 0 Å². The summed E-state index contributed by atoms with van der Waals surface area (Å²) in [4.78, 5) is 18.2. The van der Waals surface area contributed by atoms with Gasteiger partial charge in [-0.05, 0) is 40.5 Å². The van der Waals surface area contributed by atoms with Crippen molar-refractivity contribution in [1.29, 1.82) is 0 Å². The fourth-order valence-electron chi connectivity index (χ4n) is 2.12. The van der Waals surface area contributed by atoms with Gasteiger partial charge in [-0.1, -0.05) is 0 Å². The molecule has 0 aromatic carbocycles. The molecule has 23 heavy (non-hydrogen) atoms. The monoisotopic (exact) mass is 458 g/mol. The van der Waals surface area contributed by atoms with Crippen LogP contribution in [0.15, 0.2) is 4.99 Å². The van der Waals surface area contributed by atoms with Crippen molar-refractivity contribution in [3.05, 3.63) is 0 Å². The molecule has 136 valence electrons. The lowest BCUT2D eigenvalue weighted by atomic mass is 10.3. The first-order chi connectivity index (χ1) is 10.3. The predicted octanol–water partition coefficient (Wildman–Crippen LogP) is 1.33. The average Bonchev–Trinajstić information content (AvgIpc) is 2.97. The molecule has 6 nitrogen and oxygen atoms in total.